The summed E-state index contributed by atoms with van der Waals surface area (Å²) in [5.74, 6) is -0.0782. The molecule has 0 spiro atoms. The summed E-state index contributed by atoms with van der Waals surface area (Å²) in [4.78, 5) is 46.1. The van der Waals surface area contributed by atoms with Crippen LogP contribution in [0.4, 0.5) is 5.13 Å². The number of aryl methyl sites for hydroxylation is 1. The molecular weight excluding hydrogens is 412 g/mol. The van der Waals surface area contributed by atoms with E-state index in [4.69, 9.17) is 0 Å². The topological polar surface area (TPSA) is 82.6 Å². The van der Waals surface area contributed by atoms with Crippen LogP contribution in [0.2, 0.25) is 0 Å². The van der Waals surface area contributed by atoms with Crippen molar-refractivity contribution in [2.24, 2.45) is 5.92 Å². The van der Waals surface area contributed by atoms with E-state index >= 15 is 0 Å². The highest BCUT2D eigenvalue weighted by Crippen LogP contribution is 2.26. The summed E-state index contributed by atoms with van der Waals surface area (Å²) in [6, 6.07) is 9.59. The first kappa shape index (κ1) is 21.5. The summed E-state index contributed by atoms with van der Waals surface area (Å²) in [7, 11) is 0. The van der Waals surface area contributed by atoms with Crippen molar-refractivity contribution < 1.29 is 14.4 Å². The third kappa shape index (κ3) is 5.31. The number of anilines is 1. The van der Waals surface area contributed by atoms with Crippen LogP contribution < -0.4 is 5.32 Å². The Bertz CT molecular complexity index is 895. The molecule has 2 aliphatic rings. The van der Waals surface area contributed by atoms with E-state index in [1.807, 2.05) is 40.6 Å². The van der Waals surface area contributed by atoms with Gasteiger partial charge in [-0.3, -0.25) is 14.4 Å². The molecule has 4 rings (SSSR count). The molecule has 0 radical (unpaired) electrons. The lowest BCUT2D eigenvalue weighted by Gasteiger charge is -2.34. The second-order valence-electron chi connectivity index (χ2n) is 8.16. The van der Waals surface area contributed by atoms with Gasteiger partial charge in [0.1, 0.15) is 6.04 Å². The lowest BCUT2D eigenvalue weighted by Crippen LogP contribution is -2.48. The number of piperidine rings is 1. The third-order valence-corrected chi connectivity index (χ3v) is 6.86. The zero-order chi connectivity index (χ0) is 21.6. The van der Waals surface area contributed by atoms with Crippen LogP contribution >= 0.6 is 11.3 Å². The third-order valence-electron chi connectivity index (χ3n) is 6.17. The fourth-order valence-corrected chi connectivity index (χ4v) is 4.97. The van der Waals surface area contributed by atoms with Crippen molar-refractivity contribution >= 4 is 34.2 Å². The van der Waals surface area contributed by atoms with Crippen LogP contribution in [0.1, 0.15) is 37.7 Å². The normalized spacial score (nSPS) is 19.4. The quantitative estimate of drug-likeness (QED) is 0.749. The van der Waals surface area contributed by atoms with Crippen molar-refractivity contribution in [2.45, 2.75) is 44.6 Å². The fraction of sp³-hybridized carbons (Fsp3) is 0.478. The smallest absolute Gasteiger partial charge is 0.248 e. The molecule has 0 saturated carbocycles. The summed E-state index contributed by atoms with van der Waals surface area (Å²) in [6.07, 6.45) is 5.71. The Hall–Kier alpha value is -2.74. The number of carbonyl (C=O) groups excluding carboxylic acids is 3. The average Bonchev–Trinajstić information content (AvgIpc) is 3.50. The standard InChI is InChI=1S/C23H28N4O3S/c28-20(9-8-17-5-2-1-3-6-17)26-14-10-18(11-15-26)22(30)27-13-4-7-19(27)21(29)25-23-24-12-16-31-23/h1-3,5-6,12,16,18-19H,4,7-11,13-15H2,(H,24,25,29). The van der Waals surface area contributed by atoms with Gasteiger partial charge < -0.3 is 15.1 Å². The van der Waals surface area contributed by atoms with Gasteiger partial charge in [0, 0.05) is 43.5 Å². The molecule has 7 nitrogen and oxygen atoms in total. The van der Waals surface area contributed by atoms with Crippen LogP contribution in [0.3, 0.4) is 0 Å². The molecule has 2 aliphatic heterocycles. The molecule has 3 heterocycles. The molecule has 1 aromatic carbocycles. The number of likely N-dealkylation sites (tertiary alicyclic amines) is 2. The number of rotatable bonds is 6. The molecule has 1 atom stereocenters. The Kier molecular flexibility index (Phi) is 6.96. The molecule has 3 amide bonds. The Morgan fingerprint density at radius 1 is 1.06 bits per heavy atom. The Morgan fingerprint density at radius 2 is 1.84 bits per heavy atom. The van der Waals surface area contributed by atoms with E-state index in [2.05, 4.69) is 10.3 Å². The molecule has 0 bridgehead atoms. The highest BCUT2D eigenvalue weighted by atomic mass is 32.1. The fourth-order valence-electron chi connectivity index (χ4n) is 4.44. The van der Waals surface area contributed by atoms with E-state index in [1.165, 1.54) is 11.3 Å². The summed E-state index contributed by atoms with van der Waals surface area (Å²) < 4.78 is 0. The monoisotopic (exact) mass is 440 g/mol. The molecule has 164 valence electrons. The van der Waals surface area contributed by atoms with Gasteiger partial charge in [-0.2, -0.15) is 0 Å². The van der Waals surface area contributed by atoms with Gasteiger partial charge in [-0.25, -0.2) is 4.98 Å². The molecule has 1 unspecified atom stereocenters. The second kappa shape index (κ2) is 10.0. The number of hydrogen-bond acceptors (Lipinski definition) is 5. The van der Waals surface area contributed by atoms with Crippen molar-refractivity contribution in [3.63, 3.8) is 0 Å². The number of carbonyl (C=O) groups is 3. The van der Waals surface area contributed by atoms with Gasteiger partial charge in [0.25, 0.3) is 0 Å². The lowest BCUT2D eigenvalue weighted by molar-refractivity contribution is -0.143. The van der Waals surface area contributed by atoms with Gasteiger partial charge in [0.2, 0.25) is 17.7 Å². The van der Waals surface area contributed by atoms with Crippen LogP contribution in [0.15, 0.2) is 41.9 Å². The molecule has 2 aromatic rings. The molecule has 1 aromatic heterocycles. The maximum absolute atomic E-state index is 13.1. The van der Waals surface area contributed by atoms with Crippen molar-refractivity contribution in [1.29, 1.82) is 0 Å². The van der Waals surface area contributed by atoms with Gasteiger partial charge in [-0.05, 0) is 37.7 Å². The minimum absolute atomic E-state index is 0.0492. The number of nitrogens with one attached hydrogen (secondary N) is 1. The van der Waals surface area contributed by atoms with Gasteiger partial charge in [0.05, 0.1) is 0 Å². The van der Waals surface area contributed by atoms with Crippen molar-refractivity contribution in [3.05, 3.63) is 47.5 Å². The largest absolute Gasteiger partial charge is 0.343 e. The van der Waals surface area contributed by atoms with E-state index in [1.54, 1.807) is 11.1 Å². The first-order chi connectivity index (χ1) is 15.1. The Balaban J connectivity index is 1.26. The number of hydrogen-bond donors (Lipinski definition) is 1. The van der Waals surface area contributed by atoms with E-state index in [-0.39, 0.29) is 23.6 Å². The van der Waals surface area contributed by atoms with Crippen LogP contribution in [-0.2, 0) is 20.8 Å². The predicted molar refractivity (Wildman–Crippen MR) is 120 cm³/mol. The van der Waals surface area contributed by atoms with Gasteiger partial charge in [-0.15, -0.1) is 11.3 Å². The number of aromatic nitrogens is 1. The SMILES string of the molecule is O=C(Nc1nccs1)C1CCCN1C(=O)C1CCN(C(=O)CCc2ccccc2)CC1. The van der Waals surface area contributed by atoms with Crippen LogP contribution in [0.25, 0.3) is 0 Å². The summed E-state index contributed by atoms with van der Waals surface area (Å²) in [5.41, 5.74) is 1.16. The zero-order valence-electron chi connectivity index (χ0n) is 17.5. The highest BCUT2D eigenvalue weighted by molar-refractivity contribution is 7.13. The minimum Gasteiger partial charge on any atom is -0.343 e. The van der Waals surface area contributed by atoms with Gasteiger partial charge in [-0.1, -0.05) is 30.3 Å². The summed E-state index contributed by atoms with van der Waals surface area (Å²) >= 11 is 1.37. The number of thiazole rings is 1. The molecule has 0 aliphatic carbocycles. The first-order valence-corrected chi connectivity index (χ1v) is 11.8. The number of nitrogens with zero attached hydrogens (tertiary/aromatic N) is 3. The van der Waals surface area contributed by atoms with Crippen molar-refractivity contribution in [1.82, 2.24) is 14.8 Å². The number of amides is 3. The maximum Gasteiger partial charge on any atom is 0.248 e. The maximum atomic E-state index is 13.1. The van der Waals surface area contributed by atoms with Crippen LogP contribution in [0, 0.1) is 5.92 Å². The molecule has 8 heteroatoms. The first-order valence-electron chi connectivity index (χ1n) is 10.9. The molecule has 2 saturated heterocycles. The molecule has 1 N–H and O–H groups in total. The van der Waals surface area contributed by atoms with Gasteiger partial charge >= 0.3 is 0 Å². The number of benzene rings is 1. The van der Waals surface area contributed by atoms with Crippen LogP contribution in [-0.4, -0.2) is 58.2 Å². The van der Waals surface area contributed by atoms with Crippen molar-refractivity contribution in [3.8, 4) is 0 Å². The Morgan fingerprint density at radius 3 is 2.55 bits per heavy atom. The second-order valence-corrected chi connectivity index (χ2v) is 9.05. The Labute approximate surface area is 186 Å². The summed E-state index contributed by atoms with van der Waals surface area (Å²) in [6.45, 7) is 1.83. The minimum atomic E-state index is -0.429. The zero-order valence-corrected chi connectivity index (χ0v) is 18.4. The van der Waals surface area contributed by atoms with E-state index in [9.17, 15) is 14.4 Å². The van der Waals surface area contributed by atoms with E-state index in [0.717, 1.165) is 18.4 Å². The predicted octanol–water partition coefficient (Wildman–Crippen LogP) is 2.94. The molecule has 31 heavy (non-hydrogen) atoms. The van der Waals surface area contributed by atoms with Gasteiger partial charge in [0.15, 0.2) is 5.13 Å². The van der Waals surface area contributed by atoms with E-state index in [0.29, 0.717) is 50.4 Å². The van der Waals surface area contributed by atoms with Crippen LogP contribution in [0.5, 0.6) is 0 Å². The van der Waals surface area contributed by atoms with Crippen molar-refractivity contribution in [2.75, 3.05) is 25.0 Å². The average molecular weight is 441 g/mol. The summed E-state index contributed by atoms with van der Waals surface area (Å²) in [5, 5.41) is 5.19. The lowest BCUT2D eigenvalue weighted by atomic mass is 9.94. The van der Waals surface area contributed by atoms with E-state index < -0.39 is 6.04 Å². The molecular formula is C23H28N4O3S. The highest BCUT2D eigenvalue weighted by Gasteiger charge is 2.38. The molecule has 2 fully saturated rings.